The van der Waals surface area contributed by atoms with Gasteiger partial charge in [-0.05, 0) is 47.6 Å². The number of carbonyl (C=O) groups excluding carboxylic acids is 2. The Labute approximate surface area is 215 Å². The Kier molecular flexibility index (Phi) is 8.83. The molecule has 9 heteroatoms. The molecule has 3 rings (SSSR count). The summed E-state index contributed by atoms with van der Waals surface area (Å²) in [5, 5.41) is 14.7. The van der Waals surface area contributed by atoms with Crippen molar-refractivity contribution in [1.82, 2.24) is 10.6 Å². The Balaban J connectivity index is 1.72. The predicted molar refractivity (Wildman–Crippen MR) is 137 cm³/mol. The number of carboxylic acid groups (broad SMARTS) is 1. The Morgan fingerprint density at radius 2 is 1.69 bits per heavy atom. The molecule has 1 fully saturated rings. The first-order valence-corrected chi connectivity index (χ1v) is 12.5. The van der Waals surface area contributed by atoms with Gasteiger partial charge in [0, 0.05) is 6.42 Å². The maximum Gasteiger partial charge on any atom is 0.326 e. The number of amides is 2. The van der Waals surface area contributed by atoms with Crippen LogP contribution in [0.2, 0.25) is 5.02 Å². The lowest BCUT2D eigenvalue weighted by molar-refractivity contribution is -0.143. The summed E-state index contributed by atoms with van der Waals surface area (Å²) >= 11 is 10.2. The zero-order chi connectivity index (χ0) is 25.8. The minimum atomic E-state index is -1.17. The van der Waals surface area contributed by atoms with Crippen molar-refractivity contribution < 1.29 is 23.9 Å². The van der Waals surface area contributed by atoms with E-state index < -0.39 is 34.5 Å². The lowest BCUT2D eigenvalue weighted by Crippen LogP contribution is -2.61. The number of aliphatic carboxylic acids is 1. The summed E-state index contributed by atoms with van der Waals surface area (Å²) in [7, 11) is 0. The number of hydrogen-bond acceptors (Lipinski definition) is 4. The molecule has 2 aromatic rings. The van der Waals surface area contributed by atoms with Crippen molar-refractivity contribution in [2.45, 2.75) is 62.8 Å². The molecule has 0 aromatic heterocycles. The maximum absolute atomic E-state index is 13.4. The summed E-state index contributed by atoms with van der Waals surface area (Å²) in [6.07, 6.45) is 2.49. The van der Waals surface area contributed by atoms with Crippen LogP contribution in [0.3, 0.4) is 0 Å². The molecule has 0 aliphatic heterocycles. The zero-order valence-electron chi connectivity index (χ0n) is 19.7. The Morgan fingerprint density at radius 1 is 1.09 bits per heavy atom. The highest BCUT2D eigenvalue weighted by Gasteiger charge is 2.44. The van der Waals surface area contributed by atoms with Crippen LogP contribution in [-0.4, -0.2) is 39.7 Å². The average Bonchev–Trinajstić information content (AvgIpc) is 3.30. The Morgan fingerprint density at radius 3 is 2.23 bits per heavy atom. The molecule has 35 heavy (non-hydrogen) atoms. The van der Waals surface area contributed by atoms with Crippen LogP contribution >= 0.6 is 24.2 Å². The summed E-state index contributed by atoms with van der Waals surface area (Å²) in [6.45, 7) is 3.74. The second kappa shape index (κ2) is 11.4. The van der Waals surface area contributed by atoms with E-state index in [4.69, 9.17) is 11.6 Å². The number of carbonyl (C=O) groups is 3. The fraction of sp³-hybridized carbons (Fsp3) is 0.423. The number of benzene rings is 2. The quantitative estimate of drug-likeness (QED) is 0.362. The smallest absolute Gasteiger partial charge is 0.326 e. The number of rotatable bonds is 9. The van der Waals surface area contributed by atoms with Gasteiger partial charge in [0.25, 0.3) is 0 Å². The lowest BCUT2D eigenvalue weighted by atomic mass is 9.94. The molecule has 0 spiro atoms. The van der Waals surface area contributed by atoms with Crippen LogP contribution in [0.4, 0.5) is 4.39 Å². The van der Waals surface area contributed by atoms with Crippen LogP contribution < -0.4 is 10.6 Å². The van der Waals surface area contributed by atoms with Crippen LogP contribution in [0.25, 0.3) is 11.1 Å². The third kappa shape index (κ3) is 6.55. The van der Waals surface area contributed by atoms with Crippen LogP contribution in [0.5, 0.6) is 0 Å². The van der Waals surface area contributed by atoms with Crippen molar-refractivity contribution in [2.24, 2.45) is 5.92 Å². The molecule has 0 radical (unpaired) electrons. The first kappa shape index (κ1) is 27.0. The van der Waals surface area contributed by atoms with Gasteiger partial charge in [-0.3, -0.25) is 9.59 Å². The molecular weight excluding hydrogens is 491 g/mol. The predicted octanol–water partition coefficient (Wildman–Crippen LogP) is 4.64. The Bertz CT molecular complexity index is 1090. The maximum atomic E-state index is 13.4. The van der Waals surface area contributed by atoms with E-state index in [0.29, 0.717) is 18.4 Å². The molecule has 2 amide bonds. The zero-order valence-corrected chi connectivity index (χ0v) is 21.3. The van der Waals surface area contributed by atoms with Crippen molar-refractivity contribution in [3.8, 4) is 11.1 Å². The molecular formula is C26H30ClFN2O4S. The van der Waals surface area contributed by atoms with Crippen LogP contribution in [0, 0.1) is 11.7 Å². The first-order chi connectivity index (χ1) is 16.5. The molecule has 0 saturated heterocycles. The fourth-order valence-electron chi connectivity index (χ4n) is 4.24. The second-order valence-corrected chi connectivity index (χ2v) is 10.3. The fourth-order valence-corrected chi connectivity index (χ4v) is 4.49. The van der Waals surface area contributed by atoms with Gasteiger partial charge in [0.05, 0.1) is 10.3 Å². The average molecular weight is 521 g/mol. The van der Waals surface area contributed by atoms with Gasteiger partial charge in [-0.1, -0.05) is 68.6 Å². The van der Waals surface area contributed by atoms with Crippen molar-refractivity contribution >= 4 is 42.0 Å². The SMILES string of the molecule is CC(C)[C@H](S)C(=O)NC1(C(=O)N[C@@H](Cc2ccc(-c3ccc(F)c(Cl)c3)cc2)C(=O)O)CCCC1. The molecule has 188 valence electrons. The molecule has 1 aliphatic rings. The van der Waals surface area contributed by atoms with E-state index in [9.17, 15) is 23.9 Å². The van der Waals surface area contributed by atoms with Crippen LogP contribution in [-0.2, 0) is 20.8 Å². The topological polar surface area (TPSA) is 95.5 Å². The van der Waals surface area contributed by atoms with Gasteiger partial charge in [0.2, 0.25) is 11.8 Å². The van der Waals surface area contributed by atoms with E-state index in [1.807, 2.05) is 13.8 Å². The van der Waals surface area contributed by atoms with E-state index in [-0.39, 0.29) is 23.3 Å². The summed E-state index contributed by atoms with van der Waals surface area (Å²) in [4.78, 5) is 37.8. The number of nitrogens with one attached hydrogen (secondary N) is 2. The molecule has 1 saturated carbocycles. The van der Waals surface area contributed by atoms with E-state index in [1.165, 1.54) is 12.1 Å². The van der Waals surface area contributed by atoms with E-state index >= 15 is 0 Å². The monoisotopic (exact) mass is 520 g/mol. The minimum absolute atomic E-state index is 0.0134. The van der Waals surface area contributed by atoms with Crippen molar-refractivity contribution in [2.75, 3.05) is 0 Å². The number of carboxylic acids is 1. The molecule has 6 nitrogen and oxygen atoms in total. The third-order valence-electron chi connectivity index (χ3n) is 6.40. The minimum Gasteiger partial charge on any atom is -0.480 e. The Hall–Kier alpha value is -2.58. The summed E-state index contributed by atoms with van der Waals surface area (Å²) in [6, 6.07) is 10.4. The molecule has 2 aromatic carbocycles. The van der Waals surface area contributed by atoms with Crippen LogP contribution in [0.15, 0.2) is 42.5 Å². The van der Waals surface area contributed by atoms with Crippen molar-refractivity contribution in [1.29, 1.82) is 0 Å². The molecule has 0 heterocycles. The van der Waals surface area contributed by atoms with Gasteiger partial charge < -0.3 is 15.7 Å². The van der Waals surface area contributed by atoms with Gasteiger partial charge in [-0.25, -0.2) is 9.18 Å². The lowest BCUT2D eigenvalue weighted by Gasteiger charge is -2.32. The highest BCUT2D eigenvalue weighted by atomic mass is 35.5. The summed E-state index contributed by atoms with van der Waals surface area (Å²) < 4.78 is 13.4. The normalized spacial score (nSPS) is 16.5. The standard InChI is InChI=1S/C26H30ClFN2O4S/c1-15(2)22(35)23(31)30-26(11-3-4-12-26)25(34)29-21(24(32)33)13-16-5-7-17(8-6-16)18-9-10-20(28)19(27)14-18/h5-10,14-15,21-22,35H,3-4,11-13H2,1-2H3,(H,29,34)(H,30,31)(H,32,33)/t21-,22-/m0/s1. The van der Waals surface area contributed by atoms with E-state index in [1.54, 1.807) is 30.3 Å². The molecule has 0 bridgehead atoms. The molecule has 1 aliphatic carbocycles. The summed E-state index contributed by atoms with van der Waals surface area (Å²) in [5.41, 5.74) is 1.10. The van der Waals surface area contributed by atoms with Crippen LogP contribution in [0.1, 0.15) is 45.1 Å². The first-order valence-electron chi connectivity index (χ1n) is 11.6. The van der Waals surface area contributed by atoms with Gasteiger partial charge >= 0.3 is 5.97 Å². The molecule has 2 atom stereocenters. The molecule has 3 N–H and O–H groups in total. The van der Waals surface area contributed by atoms with Gasteiger partial charge in [-0.15, -0.1) is 0 Å². The second-order valence-electron chi connectivity index (χ2n) is 9.36. The number of thiol groups is 1. The third-order valence-corrected chi connectivity index (χ3v) is 7.52. The highest BCUT2D eigenvalue weighted by molar-refractivity contribution is 7.81. The molecule has 0 unspecified atom stereocenters. The number of halogens is 2. The van der Waals surface area contributed by atoms with E-state index in [2.05, 4.69) is 23.3 Å². The largest absolute Gasteiger partial charge is 0.480 e. The van der Waals surface area contributed by atoms with Crippen molar-refractivity contribution in [3.05, 3.63) is 58.9 Å². The number of hydrogen-bond donors (Lipinski definition) is 4. The van der Waals surface area contributed by atoms with Gasteiger partial charge in [-0.2, -0.15) is 12.6 Å². The van der Waals surface area contributed by atoms with Gasteiger partial charge in [0.15, 0.2) is 0 Å². The summed E-state index contributed by atoms with van der Waals surface area (Å²) in [5.74, 6) is -2.50. The van der Waals surface area contributed by atoms with Gasteiger partial charge in [0.1, 0.15) is 17.4 Å². The van der Waals surface area contributed by atoms with E-state index in [0.717, 1.165) is 24.0 Å². The van der Waals surface area contributed by atoms with Crippen molar-refractivity contribution in [3.63, 3.8) is 0 Å². The highest BCUT2D eigenvalue weighted by Crippen LogP contribution is 2.31.